The second kappa shape index (κ2) is 24.5. The lowest BCUT2D eigenvalue weighted by atomic mass is 9.95. The van der Waals surface area contributed by atoms with Gasteiger partial charge in [0.1, 0.15) is 11.2 Å². The molecule has 2 amide bonds. The van der Waals surface area contributed by atoms with Gasteiger partial charge in [-0.2, -0.15) is 0 Å². The number of hydrogen-bond donors (Lipinski definition) is 3. The summed E-state index contributed by atoms with van der Waals surface area (Å²) in [5.41, 5.74) is 9.36. The van der Waals surface area contributed by atoms with E-state index >= 15 is 0 Å². The molecule has 0 unspecified atom stereocenters. The van der Waals surface area contributed by atoms with E-state index < -0.39 is 41.0 Å². The molecule has 0 saturated carbocycles. The van der Waals surface area contributed by atoms with Crippen LogP contribution in [0.3, 0.4) is 0 Å². The zero-order valence-corrected chi connectivity index (χ0v) is 34.4. The Morgan fingerprint density at radius 2 is 1.12 bits per heavy atom. The number of benzene rings is 3. The van der Waals surface area contributed by atoms with Crippen molar-refractivity contribution in [2.45, 2.75) is 104 Å². The first kappa shape index (κ1) is 48.0. The third-order valence-corrected chi connectivity index (χ3v) is 8.20. The number of carbonyl (C=O) groups is 5. The molecule has 4 rings (SSSR count). The van der Waals surface area contributed by atoms with Crippen LogP contribution in [0, 0.1) is 11.8 Å². The van der Waals surface area contributed by atoms with Crippen LogP contribution < -0.4 is 11.2 Å². The van der Waals surface area contributed by atoms with Crippen LogP contribution in [0.1, 0.15) is 83.9 Å². The minimum Gasteiger partial charge on any atom is -0.469 e. The van der Waals surface area contributed by atoms with Crippen molar-refractivity contribution in [1.29, 1.82) is 0 Å². The van der Waals surface area contributed by atoms with Crippen molar-refractivity contribution in [3.8, 4) is 0 Å². The van der Waals surface area contributed by atoms with Gasteiger partial charge in [-0.3, -0.25) is 34.0 Å². The molecule has 312 valence electrons. The second-order valence-electron chi connectivity index (χ2n) is 15.6. The molecular weight excluding hydrogens is 730 g/mol. The van der Waals surface area contributed by atoms with Gasteiger partial charge in [0.2, 0.25) is 5.91 Å². The minimum absolute atomic E-state index is 0.0266. The molecule has 0 aromatic heterocycles. The van der Waals surface area contributed by atoms with Crippen LogP contribution in [-0.4, -0.2) is 77.5 Å². The Hall–Kier alpha value is -5.11. The van der Waals surface area contributed by atoms with E-state index in [1.807, 2.05) is 91.0 Å². The number of hydrogen-bond acceptors (Lipinski definition) is 11. The van der Waals surface area contributed by atoms with Gasteiger partial charge in [0.05, 0.1) is 44.4 Å². The van der Waals surface area contributed by atoms with E-state index in [2.05, 4.69) is 0 Å². The lowest BCUT2D eigenvalue weighted by Crippen LogP contribution is -2.46. The molecular formula is C44H61N3O10. The van der Waals surface area contributed by atoms with E-state index in [-0.39, 0.29) is 30.7 Å². The molecule has 13 nitrogen and oxygen atoms in total. The third kappa shape index (κ3) is 20.6. The number of methoxy groups -OCH3 is 1. The van der Waals surface area contributed by atoms with Crippen molar-refractivity contribution >= 4 is 29.7 Å². The molecule has 0 bridgehead atoms. The highest BCUT2D eigenvalue weighted by atomic mass is 16.7. The number of esters is 3. The molecule has 0 radical (unpaired) electrons. The maximum Gasteiger partial charge on any atom is 0.309 e. The molecule has 1 aliphatic rings. The average molecular weight is 792 g/mol. The number of nitrogens with zero attached hydrogens (tertiary/aromatic N) is 1. The van der Waals surface area contributed by atoms with Crippen LogP contribution in [0.2, 0.25) is 0 Å². The van der Waals surface area contributed by atoms with Gasteiger partial charge >= 0.3 is 17.9 Å². The van der Waals surface area contributed by atoms with E-state index in [1.165, 1.54) is 12.2 Å². The van der Waals surface area contributed by atoms with Gasteiger partial charge < -0.3 is 19.9 Å². The fraction of sp³-hybridized carbons (Fsp3) is 0.477. The van der Waals surface area contributed by atoms with E-state index in [0.717, 1.165) is 29.5 Å². The Balaban J connectivity index is 0.000000296. The van der Waals surface area contributed by atoms with Gasteiger partial charge in [-0.25, -0.2) is 10.5 Å². The van der Waals surface area contributed by atoms with E-state index in [9.17, 15) is 24.0 Å². The first-order valence-electron chi connectivity index (χ1n) is 19.2. The Morgan fingerprint density at radius 3 is 1.51 bits per heavy atom. The zero-order valence-electron chi connectivity index (χ0n) is 34.4. The lowest BCUT2D eigenvalue weighted by molar-refractivity contribution is -0.198. The SMILES string of the molecule is CC(C)(C)OC(=O)C[C@@H](Cc1ccccc1)C(=O)NO.COC(=O)[C@@H](CC(=O)OC(C)(C)C)Cc1ccccc1.N[C@@H](Cc1ccccc1)C(=O)N1CCCCO1. The highest BCUT2D eigenvalue weighted by Crippen LogP contribution is 2.19. The van der Waals surface area contributed by atoms with Crippen molar-refractivity contribution < 1.29 is 48.2 Å². The van der Waals surface area contributed by atoms with Crippen LogP contribution in [0.25, 0.3) is 0 Å². The van der Waals surface area contributed by atoms with Crippen molar-refractivity contribution in [3.05, 3.63) is 108 Å². The summed E-state index contributed by atoms with van der Waals surface area (Å²) >= 11 is 0. The monoisotopic (exact) mass is 791 g/mol. The molecule has 3 aromatic carbocycles. The summed E-state index contributed by atoms with van der Waals surface area (Å²) in [6.45, 7) is 12.0. The molecule has 1 fully saturated rings. The summed E-state index contributed by atoms with van der Waals surface area (Å²) < 4.78 is 15.2. The fourth-order valence-corrected chi connectivity index (χ4v) is 5.63. The van der Waals surface area contributed by atoms with Gasteiger partial charge in [0, 0.05) is 6.54 Å². The topological polar surface area (TPSA) is 184 Å². The van der Waals surface area contributed by atoms with Crippen LogP contribution in [-0.2, 0) is 62.3 Å². The molecule has 57 heavy (non-hydrogen) atoms. The number of nitrogens with two attached hydrogens (primary N) is 1. The number of rotatable bonds is 13. The normalized spacial score (nSPS) is 14.2. The maximum atomic E-state index is 12.0. The number of carbonyl (C=O) groups excluding carboxylic acids is 5. The first-order chi connectivity index (χ1) is 26.9. The van der Waals surface area contributed by atoms with Crippen molar-refractivity contribution in [3.63, 3.8) is 0 Å². The molecule has 0 aliphatic carbocycles. The number of hydroxylamine groups is 3. The summed E-state index contributed by atoms with van der Waals surface area (Å²) in [5.74, 6) is -3.10. The van der Waals surface area contributed by atoms with Gasteiger partial charge in [-0.05, 0) is 90.3 Å². The van der Waals surface area contributed by atoms with Crippen LogP contribution >= 0.6 is 0 Å². The van der Waals surface area contributed by atoms with Crippen molar-refractivity contribution in [1.82, 2.24) is 10.5 Å². The number of ether oxygens (including phenoxy) is 3. The molecule has 3 aromatic rings. The quantitative estimate of drug-likeness (QED) is 0.0806. The molecule has 1 aliphatic heterocycles. The molecule has 3 atom stereocenters. The molecule has 1 saturated heterocycles. The molecule has 13 heteroatoms. The van der Waals surface area contributed by atoms with E-state index in [1.54, 1.807) is 47.0 Å². The smallest absolute Gasteiger partial charge is 0.309 e. The summed E-state index contributed by atoms with van der Waals surface area (Å²) in [6, 6.07) is 28.2. The summed E-state index contributed by atoms with van der Waals surface area (Å²) in [7, 11) is 1.33. The zero-order chi connectivity index (χ0) is 42.4. The van der Waals surface area contributed by atoms with E-state index in [4.69, 9.17) is 30.0 Å². The Labute approximate surface area is 337 Å². The summed E-state index contributed by atoms with van der Waals surface area (Å²) in [4.78, 5) is 64.4. The van der Waals surface area contributed by atoms with Gasteiger partial charge in [-0.1, -0.05) is 91.0 Å². The second-order valence-corrected chi connectivity index (χ2v) is 15.6. The molecule has 4 N–H and O–H groups in total. The van der Waals surface area contributed by atoms with Gasteiger partial charge in [0.25, 0.3) is 5.91 Å². The Bertz CT molecular complexity index is 1560. The predicted octanol–water partition coefficient (Wildman–Crippen LogP) is 5.94. The number of nitrogens with one attached hydrogen (secondary N) is 1. The summed E-state index contributed by atoms with van der Waals surface area (Å²) in [6.07, 6.45) is 3.34. The maximum absolute atomic E-state index is 12.0. The Kier molecular flexibility index (Phi) is 20.7. The van der Waals surface area contributed by atoms with Crippen molar-refractivity contribution in [2.24, 2.45) is 17.6 Å². The average Bonchev–Trinajstić information content (AvgIpc) is 3.17. The van der Waals surface area contributed by atoms with Crippen molar-refractivity contribution in [2.75, 3.05) is 20.3 Å². The predicted molar refractivity (Wildman–Crippen MR) is 215 cm³/mol. The third-order valence-electron chi connectivity index (χ3n) is 8.20. The van der Waals surface area contributed by atoms with E-state index in [0.29, 0.717) is 32.4 Å². The fourth-order valence-electron chi connectivity index (χ4n) is 5.63. The van der Waals surface area contributed by atoms with Crippen LogP contribution in [0.4, 0.5) is 0 Å². The lowest BCUT2D eigenvalue weighted by Gasteiger charge is -2.28. The van der Waals surface area contributed by atoms with Crippen LogP contribution in [0.15, 0.2) is 91.0 Å². The van der Waals surface area contributed by atoms with Gasteiger partial charge in [0.15, 0.2) is 0 Å². The largest absolute Gasteiger partial charge is 0.469 e. The minimum atomic E-state index is -0.655. The highest BCUT2D eigenvalue weighted by molar-refractivity contribution is 5.83. The molecule has 1 heterocycles. The van der Waals surface area contributed by atoms with Gasteiger partial charge in [-0.15, -0.1) is 0 Å². The summed E-state index contributed by atoms with van der Waals surface area (Å²) in [5, 5.41) is 10.2. The van der Waals surface area contributed by atoms with Crippen LogP contribution in [0.5, 0.6) is 0 Å². The Morgan fingerprint density at radius 1 is 0.702 bits per heavy atom. The first-order valence-corrected chi connectivity index (χ1v) is 19.2. The molecule has 0 spiro atoms. The standard InChI is InChI=1S/C16H22O4.C15H21NO4.C13H18N2O2/c1-16(2,3)20-14(17)11-13(15(18)19-4)10-12-8-6-5-7-9-12;1-15(2,3)20-13(17)10-12(14(18)16-19)9-11-7-5-4-6-8-11;14-12(10-11-6-2-1-3-7-11)13(16)15-8-4-5-9-17-15/h5-9,13H,10-11H2,1-4H3;4-8,12,19H,9-10H2,1-3H3,(H,16,18);1-3,6-7,12H,4-5,8-10,14H2/t13-;2*12-/m110/s1. The number of amides is 2. The highest BCUT2D eigenvalue weighted by Gasteiger charge is 2.28.